The molecule has 1 unspecified atom stereocenters. The zero-order valence-electron chi connectivity index (χ0n) is 12.2. The van der Waals surface area contributed by atoms with E-state index < -0.39 is 0 Å². The second-order valence-corrected chi connectivity index (χ2v) is 6.26. The third kappa shape index (κ3) is 1.95. The van der Waals surface area contributed by atoms with Crippen LogP contribution in [0.4, 0.5) is 0 Å². The van der Waals surface area contributed by atoms with Gasteiger partial charge in [-0.3, -0.25) is 0 Å². The number of fused-ring (bicyclic) bond motifs is 1. The van der Waals surface area contributed by atoms with Crippen molar-refractivity contribution in [2.45, 2.75) is 53.0 Å². The molecular formula is C16H23NO. The average molecular weight is 245 g/mol. The van der Waals surface area contributed by atoms with Crippen molar-refractivity contribution >= 4 is 11.0 Å². The van der Waals surface area contributed by atoms with Crippen molar-refractivity contribution in [2.75, 3.05) is 0 Å². The lowest BCUT2D eigenvalue weighted by Gasteiger charge is -2.19. The summed E-state index contributed by atoms with van der Waals surface area (Å²) in [6.07, 6.45) is 0. The molecule has 1 aromatic heterocycles. The molecule has 0 amide bonds. The minimum absolute atomic E-state index is 0.0652. The first kappa shape index (κ1) is 13.2. The molecule has 2 nitrogen and oxygen atoms in total. The van der Waals surface area contributed by atoms with Crippen LogP contribution in [0.3, 0.4) is 0 Å². The molecule has 18 heavy (non-hydrogen) atoms. The van der Waals surface area contributed by atoms with Crippen LogP contribution in [0, 0.1) is 13.8 Å². The minimum Gasteiger partial charge on any atom is -0.459 e. The maximum atomic E-state index is 6.07. The van der Waals surface area contributed by atoms with Crippen LogP contribution in [-0.2, 0) is 5.41 Å². The fourth-order valence-corrected chi connectivity index (χ4v) is 2.59. The van der Waals surface area contributed by atoms with E-state index in [0.29, 0.717) is 0 Å². The fraction of sp³-hybridized carbons (Fsp3) is 0.500. The first-order chi connectivity index (χ1) is 8.23. The lowest BCUT2D eigenvalue weighted by molar-refractivity contribution is 0.495. The summed E-state index contributed by atoms with van der Waals surface area (Å²) in [4.78, 5) is 0. The van der Waals surface area contributed by atoms with Gasteiger partial charge >= 0.3 is 0 Å². The monoisotopic (exact) mass is 245 g/mol. The molecule has 98 valence electrons. The number of benzene rings is 1. The molecule has 0 aliphatic carbocycles. The number of furan rings is 1. The Morgan fingerprint density at radius 2 is 1.78 bits per heavy atom. The largest absolute Gasteiger partial charge is 0.459 e. The van der Waals surface area contributed by atoms with E-state index in [1.54, 1.807) is 0 Å². The number of aryl methyl sites for hydroxylation is 2. The summed E-state index contributed by atoms with van der Waals surface area (Å²) in [6, 6.07) is 4.28. The Bertz CT molecular complexity index is 585. The summed E-state index contributed by atoms with van der Waals surface area (Å²) < 4.78 is 6.07. The molecule has 0 bridgehead atoms. The molecule has 1 heterocycles. The van der Waals surface area contributed by atoms with Crippen molar-refractivity contribution in [3.8, 4) is 0 Å². The van der Waals surface area contributed by atoms with E-state index in [4.69, 9.17) is 10.2 Å². The molecule has 0 saturated carbocycles. The Hall–Kier alpha value is -1.28. The predicted octanol–water partition coefficient (Wildman–Crippen LogP) is 4.37. The Labute approximate surface area is 109 Å². The summed E-state index contributed by atoms with van der Waals surface area (Å²) in [5.41, 5.74) is 10.8. The smallest absolute Gasteiger partial charge is 0.138 e. The van der Waals surface area contributed by atoms with Crippen LogP contribution in [0.25, 0.3) is 11.0 Å². The van der Waals surface area contributed by atoms with Gasteiger partial charge in [0.25, 0.3) is 0 Å². The van der Waals surface area contributed by atoms with Gasteiger partial charge in [-0.1, -0.05) is 32.9 Å². The second kappa shape index (κ2) is 4.13. The van der Waals surface area contributed by atoms with E-state index in [2.05, 4.69) is 46.8 Å². The Kier molecular flexibility index (Phi) is 3.02. The van der Waals surface area contributed by atoms with Crippen LogP contribution in [0.15, 0.2) is 16.5 Å². The van der Waals surface area contributed by atoms with Gasteiger partial charge in [-0.2, -0.15) is 0 Å². The predicted molar refractivity (Wildman–Crippen MR) is 77.0 cm³/mol. The van der Waals surface area contributed by atoms with Gasteiger partial charge in [-0.15, -0.1) is 0 Å². The number of rotatable bonds is 1. The quantitative estimate of drug-likeness (QED) is 0.810. The van der Waals surface area contributed by atoms with Crippen molar-refractivity contribution in [3.05, 3.63) is 34.6 Å². The van der Waals surface area contributed by atoms with Crippen molar-refractivity contribution in [2.24, 2.45) is 5.73 Å². The summed E-state index contributed by atoms with van der Waals surface area (Å²) >= 11 is 0. The van der Waals surface area contributed by atoms with Crippen LogP contribution >= 0.6 is 0 Å². The van der Waals surface area contributed by atoms with Gasteiger partial charge in [0.1, 0.15) is 11.3 Å². The van der Waals surface area contributed by atoms with Gasteiger partial charge in [-0.25, -0.2) is 0 Å². The standard InChI is InChI=1S/C16H23NO/c1-9-7-8-12(16(4,5)6)15-13(9)10(2)14(18-15)11(3)17/h7-8,11H,17H2,1-6H3. The van der Waals surface area contributed by atoms with Crippen LogP contribution < -0.4 is 5.73 Å². The molecule has 0 spiro atoms. The molecule has 0 aliphatic heterocycles. The van der Waals surface area contributed by atoms with E-state index in [-0.39, 0.29) is 11.5 Å². The number of hydrogen-bond acceptors (Lipinski definition) is 2. The van der Waals surface area contributed by atoms with E-state index in [9.17, 15) is 0 Å². The van der Waals surface area contributed by atoms with E-state index in [0.717, 1.165) is 11.3 Å². The third-order valence-electron chi connectivity index (χ3n) is 3.54. The summed E-state index contributed by atoms with van der Waals surface area (Å²) in [6.45, 7) is 12.8. The highest BCUT2D eigenvalue weighted by atomic mass is 16.3. The summed E-state index contributed by atoms with van der Waals surface area (Å²) in [5.74, 6) is 0.907. The van der Waals surface area contributed by atoms with Crippen LogP contribution in [-0.4, -0.2) is 0 Å². The van der Waals surface area contributed by atoms with Crippen molar-refractivity contribution in [1.29, 1.82) is 0 Å². The number of hydrogen-bond donors (Lipinski definition) is 1. The highest BCUT2D eigenvalue weighted by Crippen LogP contribution is 2.37. The summed E-state index contributed by atoms with van der Waals surface area (Å²) in [5, 5.41) is 1.23. The molecule has 2 N–H and O–H groups in total. The maximum Gasteiger partial charge on any atom is 0.138 e. The van der Waals surface area contributed by atoms with Gasteiger partial charge in [0.05, 0.1) is 6.04 Å². The fourth-order valence-electron chi connectivity index (χ4n) is 2.59. The lowest BCUT2D eigenvalue weighted by atomic mass is 9.85. The molecule has 2 rings (SSSR count). The van der Waals surface area contributed by atoms with E-state index >= 15 is 0 Å². The SMILES string of the molecule is Cc1ccc(C(C)(C)C)c2oc(C(C)N)c(C)c12. The first-order valence-electron chi connectivity index (χ1n) is 6.52. The van der Waals surface area contributed by atoms with Gasteiger partial charge in [0.2, 0.25) is 0 Å². The summed E-state index contributed by atoms with van der Waals surface area (Å²) in [7, 11) is 0. The lowest BCUT2D eigenvalue weighted by Crippen LogP contribution is -2.11. The highest BCUT2D eigenvalue weighted by molar-refractivity contribution is 5.88. The van der Waals surface area contributed by atoms with Gasteiger partial charge in [0, 0.05) is 16.5 Å². The van der Waals surface area contributed by atoms with E-state index in [1.807, 2.05) is 6.92 Å². The van der Waals surface area contributed by atoms with Crippen molar-refractivity contribution in [1.82, 2.24) is 0 Å². The molecule has 1 atom stereocenters. The maximum absolute atomic E-state index is 6.07. The molecule has 2 heteroatoms. The van der Waals surface area contributed by atoms with Crippen LogP contribution in [0.5, 0.6) is 0 Å². The molecule has 0 aliphatic rings. The van der Waals surface area contributed by atoms with Crippen LogP contribution in [0.1, 0.15) is 56.2 Å². The van der Waals surface area contributed by atoms with Crippen LogP contribution in [0.2, 0.25) is 0 Å². The zero-order valence-corrected chi connectivity index (χ0v) is 12.2. The molecule has 0 saturated heterocycles. The van der Waals surface area contributed by atoms with Gasteiger partial charge < -0.3 is 10.2 Å². The molecule has 0 fully saturated rings. The minimum atomic E-state index is -0.0652. The van der Waals surface area contributed by atoms with E-state index in [1.165, 1.54) is 22.1 Å². The Morgan fingerprint density at radius 3 is 2.28 bits per heavy atom. The Balaban J connectivity index is 2.87. The van der Waals surface area contributed by atoms with Gasteiger partial charge in [0.15, 0.2) is 0 Å². The average Bonchev–Trinajstić information content (AvgIpc) is 2.56. The van der Waals surface area contributed by atoms with Crippen molar-refractivity contribution in [3.63, 3.8) is 0 Å². The highest BCUT2D eigenvalue weighted by Gasteiger charge is 2.23. The topological polar surface area (TPSA) is 39.2 Å². The second-order valence-electron chi connectivity index (χ2n) is 6.26. The molecule has 1 aromatic carbocycles. The Morgan fingerprint density at radius 1 is 1.17 bits per heavy atom. The van der Waals surface area contributed by atoms with Crippen molar-refractivity contribution < 1.29 is 4.42 Å². The third-order valence-corrected chi connectivity index (χ3v) is 3.54. The first-order valence-corrected chi connectivity index (χ1v) is 6.52. The van der Waals surface area contributed by atoms with Gasteiger partial charge in [-0.05, 0) is 31.7 Å². The molecule has 2 aromatic rings. The molecule has 0 radical (unpaired) electrons. The molecular weight excluding hydrogens is 222 g/mol. The number of nitrogens with two attached hydrogens (primary N) is 1. The zero-order chi connectivity index (χ0) is 13.7. The normalized spacial score (nSPS) is 14.2.